The third kappa shape index (κ3) is 2.41. The number of hydrogen-bond acceptors (Lipinski definition) is 5. The average Bonchev–Trinajstić information content (AvgIpc) is 3.38. The number of ether oxygens (including phenoxy) is 1. The standard InChI is InChI=1S/C20H19N5O3/c1-11-19(24(2)23-22-11)13-8-17-18(21-9-13)15-4-3-12(20(26)27)7-16(15)25(17)14-5-6-28-10-14/h3-4,7-9,14H,5-6,10H2,1-2H3,(H,26,27). The van der Waals surface area contributed by atoms with Gasteiger partial charge in [-0.15, -0.1) is 5.10 Å². The number of hydrogen-bond donors (Lipinski definition) is 1. The predicted octanol–water partition coefficient (Wildman–Crippen LogP) is 2.95. The van der Waals surface area contributed by atoms with Crippen LogP contribution in [0.5, 0.6) is 0 Å². The summed E-state index contributed by atoms with van der Waals surface area (Å²) in [5, 5.41) is 18.6. The Balaban J connectivity index is 1.83. The van der Waals surface area contributed by atoms with E-state index in [1.807, 2.05) is 26.2 Å². The molecule has 1 fully saturated rings. The third-order valence-electron chi connectivity index (χ3n) is 5.43. The van der Waals surface area contributed by atoms with Crippen molar-refractivity contribution in [3.63, 3.8) is 0 Å². The zero-order chi connectivity index (χ0) is 19.4. The smallest absolute Gasteiger partial charge is 0.335 e. The van der Waals surface area contributed by atoms with Gasteiger partial charge in [0.05, 0.1) is 46.2 Å². The van der Waals surface area contributed by atoms with Gasteiger partial charge in [0.15, 0.2) is 0 Å². The molecular formula is C20H19N5O3. The molecule has 1 atom stereocenters. The zero-order valence-corrected chi connectivity index (χ0v) is 15.6. The molecule has 0 aliphatic carbocycles. The summed E-state index contributed by atoms with van der Waals surface area (Å²) in [6.07, 6.45) is 2.71. The van der Waals surface area contributed by atoms with Gasteiger partial charge >= 0.3 is 5.97 Å². The summed E-state index contributed by atoms with van der Waals surface area (Å²) in [7, 11) is 1.86. The van der Waals surface area contributed by atoms with Crippen LogP contribution in [0.2, 0.25) is 0 Å². The molecule has 4 aromatic rings. The summed E-state index contributed by atoms with van der Waals surface area (Å²) in [5.41, 5.74) is 5.64. The van der Waals surface area contributed by atoms with E-state index in [2.05, 4.69) is 20.9 Å². The Hall–Kier alpha value is -3.26. The molecule has 1 aromatic carbocycles. The molecule has 0 saturated carbocycles. The van der Waals surface area contributed by atoms with E-state index in [9.17, 15) is 9.90 Å². The van der Waals surface area contributed by atoms with E-state index in [1.165, 1.54) is 0 Å². The highest BCUT2D eigenvalue weighted by Crippen LogP contribution is 2.36. The summed E-state index contributed by atoms with van der Waals surface area (Å²) in [6, 6.07) is 7.44. The number of pyridine rings is 1. The third-order valence-corrected chi connectivity index (χ3v) is 5.43. The maximum absolute atomic E-state index is 11.5. The number of aromatic nitrogens is 5. The molecule has 1 aliphatic heterocycles. The number of carboxylic acid groups (broad SMARTS) is 1. The van der Waals surface area contributed by atoms with Gasteiger partial charge in [-0.25, -0.2) is 9.48 Å². The Kier molecular flexibility index (Phi) is 3.70. The second-order valence-electron chi connectivity index (χ2n) is 7.16. The minimum atomic E-state index is -0.938. The molecule has 0 radical (unpaired) electrons. The lowest BCUT2D eigenvalue weighted by Crippen LogP contribution is -2.09. The number of aryl methyl sites for hydroxylation is 2. The quantitative estimate of drug-likeness (QED) is 0.590. The number of benzene rings is 1. The molecule has 28 heavy (non-hydrogen) atoms. The Morgan fingerprint density at radius 3 is 2.82 bits per heavy atom. The van der Waals surface area contributed by atoms with Crippen molar-refractivity contribution in [1.29, 1.82) is 0 Å². The van der Waals surface area contributed by atoms with Crippen LogP contribution in [-0.2, 0) is 11.8 Å². The molecule has 1 saturated heterocycles. The van der Waals surface area contributed by atoms with Crippen LogP contribution in [0.1, 0.15) is 28.5 Å². The van der Waals surface area contributed by atoms with Crippen LogP contribution >= 0.6 is 0 Å². The summed E-state index contributed by atoms with van der Waals surface area (Å²) >= 11 is 0. The van der Waals surface area contributed by atoms with E-state index in [0.717, 1.165) is 45.3 Å². The molecular weight excluding hydrogens is 358 g/mol. The lowest BCUT2D eigenvalue weighted by atomic mass is 10.1. The van der Waals surface area contributed by atoms with Gasteiger partial charge in [-0.05, 0) is 37.6 Å². The van der Waals surface area contributed by atoms with Crippen LogP contribution in [0.25, 0.3) is 33.2 Å². The first-order valence-electron chi connectivity index (χ1n) is 9.16. The lowest BCUT2D eigenvalue weighted by molar-refractivity contribution is 0.0697. The number of nitrogens with zero attached hydrogens (tertiary/aromatic N) is 5. The molecule has 1 N–H and O–H groups in total. The van der Waals surface area contributed by atoms with Crippen molar-refractivity contribution < 1.29 is 14.6 Å². The Labute approximate surface area is 160 Å². The summed E-state index contributed by atoms with van der Waals surface area (Å²) in [6.45, 7) is 3.22. The predicted molar refractivity (Wildman–Crippen MR) is 103 cm³/mol. The fourth-order valence-corrected chi connectivity index (χ4v) is 4.14. The van der Waals surface area contributed by atoms with Gasteiger partial charge in [-0.3, -0.25) is 4.98 Å². The van der Waals surface area contributed by atoms with Crippen LogP contribution in [0.4, 0.5) is 0 Å². The van der Waals surface area contributed by atoms with Gasteiger partial charge in [0.2, 0.25) is 0 Å². The molecule has 5 rings (SSSR count). The summed E-state index contributed by atoms with van der Waals surface area (Å²) in [5.74, 6) is -0.938. The van der Waals surface area contributed by atoms with E-state index in [1.54, 1.807) is 16.8 Å². The molecule has 0 amide bonds. The molecule has 8 heteroatoms. The first-order chi connectivity index (χ1) is 13.5. The highest BCUT2D eigenvalue weighted by Gasteiger charge is 2.24. The van der Waals surface area contributed by atoms with Crippen LogP contribution < -0.4 is 0 Å². The average molecular weight is 377 g/mol. The first-order valence-corrected chi connectivity index (χ1v) is 9.16. The second-order valence-corrected chi connectivity index (χ2v) is 7.16. The van der Waals surface area contributed by atoms with Gasteiger partial charge in [0, 0.05) is 30.8 Å². The largest absolute Gasteiger partial charge is 0.478 e. The van der Waals surface area contributed by atoms with Gasteiger partial charge in [-0.1, -0.05) is 5.21 Å². The lowest BCUT2D eigenvalue weighted by Gasteiger charge is -2.14. The Morgan fingerprint density at radius 2 is 2.14 bits per heavy atom. The van der Waals surface area contributed by atoms with E-state index >= 15 is 0 Å². The SMILES string of the molecule is Cc1nnn(C)c1-c1cnc2c3ccc(C(=O)O)cc3n(C3CCOC3)c2c1. The van der Waals surface area contributed by atoms with Crippen LogP contribution in [0, 0.1) is 6.92 Å². The van der Waals surface area contributed by atoms with E-state index in [4.69, 9.17) is 9.72 Å². The number of carbonyl (C=O) groups is 1. The van der Waals surface area contributed by atoms with Crippen LogP contribution in [0.3, 0.4) is 0 Å². The van der Waals surface area contributed by atoms with Crippen molar-refractivity contribution in [3.8, 4) is 11.3 Å². The van der Waals surface area contributed by atoms with Gasteiger partial charge in [0.1, 0.15) is 0 Å². The highest BCUT2D eigenvalue weighted by atomic mass is 16.5. The molecule has 1 aliphatic rings. The van der Waals surface area contributed by atoms with Gasteiger partial charge in [-0.2, -0.15) is 0 Å². The zero-order valence-electron chi connectivity index (χ0n) is 15.6. The maximum Gasteiger partial charge on any atom is 0.335 e. The molecule has 0 spiro atoms. The number of carboxylic acids is 1. The van der Waals surface area contributed by atoms with E-state index in [0.29, 0.717) is 13.2 Å². The van der Waals surface area contributed by atoms with Crippen molar-refractivity contribution in [3.05, 3.63) is 41.7 Å². The van der Waals surface area contributed by atoms with Crippen molar-refractivity contribution in [1.82, 2.24) is 24.5 Å². The molecule has 3 aromatic heterocycles. The van der Waals surface area contributed by atoms with Crippen molar-refractivity contribution >= 4 is 27.9 Å². The number of fused-ring (bicyclic) bond motifs is 3. The van der Waals surface area contributed by atoms with Crippen molar-refractivity contribution in [2.75, 3.05) is 13.2 Å². The van der Waals surface area contributed by atoms with E-state index in [-0.39, 0.29) is 11.6 Å². The minimum Gasteiger partial charge on any atom is -0.478 e. The summed E-state index contributed by atoms with van der Waals surface area (Å²) < 4.78 is 9.54. The van der Waals surface area contributed by atoms with E-state index < -0.39 is 5.97 Å². The minimum absolute atomic E-state index is 0.145. The maximum atomic E-state index is 11.5. The molecule has 142 valence electrons. The Bertz CT molecular complexity index is 1210. The Morgan fingerprint density at radius 1 is 1.29 bits per heavy atom. The van der Waals surface area contributed by atoms with Crippen LogP contribution in [0.15, 0.2) is 30.5 Å². The van der Waals surface area contributed by atoms with Gasteiger partial charge < -0.3 is 14.4 Å². The molecule has 4 heterocycles. The number of rotatable bonds is 3. The van der Waals surface area contributed by atoms with Crippen molar-refractivity contribution in [2.24, 2.45) is 7.05 Å². The first kappa shape index (κ1) is 16.9. The fourth-order valence-electron chi connectivity index (χ4n) is 4.14. The normalized spacial score (nSPS) is 17.0. The molecule has 1 unspecified atom stereocenters. The molecule has 0 bridgehead atoms. The summed E-state index contributed by atoms with van der Waals surface area (Å²) in [4.78, 5) is 16.2. The fraction of sp³-hybridized carbons (Fsp3) is 0.300. The van der Waals surface area contributed by atoms with Gasteiger partial charge in [0.25, 0.3) is 0 Å². The highest BCUT2D eigenvalue weighted by molar-refractivity contribution is 6.08. The monoisotopic (exact) mass is 377 g/mol. The second kappa shape index (κ2) is 6.13. The molecule has 8 nitrogen and oxygen atoms in total. The topological polar surface area (TPSA) is 95.1 Å². The van der Waals surface area contributed by atoms with Crippen LogP contribution in [-0.4, -0.2) is 48.8 Å². The number of aromatic carboxylic acids is 1. The van der Waals surface area contributed by atoms with Crippen molar-refractivity contribution in [2.45, 2.75) is 19.4 Å².